The van der Waals surface area contributed by atoms with Crippen LogP contribution in [-0.4, -0.2) is 29.9 Å². The van der Waals surface area contributed by atoms with Crippen LogP contribution in [0.25, 0.3) is 22.0 Å². The van der Waals surface area contributed by atoms with Crippen molar-refractivity contribution in [3.8, 4) is 22.6 Å². The number of carbonyl (C=O) groups is 2. The van der Waals surface area contributed by atoms with E-state index in [-0.39, 0.29) is 24.5 Å². The second-order valence-corrected chi connectivity index (χ2v) is 8.34. The highest BCUT2D eigenvalue weighted by Gasteiger charge is 2.17. The van der Waals surface area contributed by atoms with Crippen LogP contribution in [0.2, 0.25) is 0 Å². The van der Waals surface area contributed by atoms with E-state index in [0.29, 0.717) is 36.1 Å². The molecular formula is C30H30N2O4. The fraction of sp³-hybridized carbons (Fsp3) is 0.233. The van der Waals surface area contributed by atoms with Gasteiger partial charge in [-0.05, 0) is 56.2 Å². The van der Waals surface area contributed by atoms with Gasteiger partial charge in [-0.3, -0.25) is 9.59 Å². The summed E-state index contributed by atoms with van der Waals surface area (Å²) < 4.78 is 11.2. The standard InChI is InChI=1S/C30H30N2O4/c1-4-35-26-17-15-22(19-27(26)36-5-2)25(33)16-18-28(34)32-30-20(3)29(21-11-7-6-8-12-21)23-13-9-10-14-24(23)31-30/h6-15,17,19H,4-5,16,18H2,1-3H3,(H,31,32,34). The molecule has 6 nitrogen and oxygen atoms in total. The largest absolute Gasteiger partial charge is 0.490 e. The molecule has 1 amide bonds. The minimum atomic E-state index is -0.260. The number of nitrogens with zero attached hydrogens (tertiary/aromatic N) is 1. The summed E-state index contributed by atoms with van der Waals surface area (Å²) in [5, 5.41) is 3.95. The lowest BCUT2D eigenvalue weighted by atomic mass is 9.96. The SMILES string of the molecule is CCOc1ccc(C(=O)CCC(=O)Nc2nc3ccccc3c(-c3ccccc3)c2C)cc1OCC. The molecule has 0 radical (unpaired) electrons. The Bertz CT molecular complexity index is 1380. The number of rotatable bonds is 10. The van der Waals surface area contributed by atoms with Crippen LogP contribution in [0.4, 0.5) is 5.82 Å². The Morgan fingerprint density at radius 3 is 2.28 bits per heavy atom. The van der Waals surface area contributed by atoms with Crippen molar-refractivity contribution in [3.05, 3.63) is 83.9 Å². The van der Waals surface area contributed by atoms with Crippen molar-refractivity contribution in [2.75, 3.05) is 18.5 Å². The maximum atomic E-state index is 12.8. The van der Waals surface area contributed by atoms with Crippen molar-refractivity contribution in [2.24, 2.45) is 0 Å². The smallest absolute Gasteiger partial charge is 0.225 e. The predicted octanol–water partition coefficient (Wildman–Crippen LogP) is 6.61. The van der Waals surface area contributed by atoms with E-state index in [9.17, 15) is 9.59 Å². The number of hydrogen-bond acceptors (Lipinski definition) is 5. The Labute approximate surface area is 211 Å². The minimum absolute atomic E-state index is 0.0463. The van der Waals surface area contributed by atoms with Gasteiger partial charge in [0, 0.05) is 29.4 Å². The number of carbonyl (C=O) groups excluding carboxylic acids is 2. The molecule has 0 unspecified atom stereocenters. The van der Waals surface area contributed by atoms with Gasteiger partial charge in [-0.15, -0.1) is 0 Å². The van der Waals surface area contributed by atoms with Crippen LogP contribution >= 0.6 is 0 Å². The molecule has 0 aliphatic rings. The second-order valence-electron chi connectivity index (χ2n) is 8.34. The monoisotopic (exact) mass is 482 g/mol. The molecule has 4 aromatic rings. The van der Waals surface area contributed by atoms with E-state index in [0.717, 1.165) is 27.6 Å². The summed E-state index contributed by atoms with van der Waals surface area (Å²) in [6, 6.07) is 23.0. The lowest BCUT2D eigenvalue weighted by Gasteiger charge is -2.15. The topological polar surface area (TPSA) is 77.5 Å². The highest BCUT2D eigenvalue weighted by molar-refractivity contribution is 6.03. The molecule has 1 aromatic heterocycles. The summed E-state index contributed by atoms with van der Waals surface area (Å²) in [4.78, 5) is 30.4. The molecule has 0 saturated carbocycles. The highest BCUT2D eigenvalue weighted by atomic mass is 16.5. The number of amides is 1. The van der Waals surface area contributed by atoms with E-state index in [4.69, 9.17) is 14.5 Å². The molecule has 184 valence electrons. The van der Waals surface area contributed by atoms with Crippen molar-refractivity contribution in [3.63, 3.8) is 0 Å². The molecule has 4 rings (SSSR count). The molecule has 0 aliphatic carbocycles. The molecule has 1 heterocycles. The molecule has 36 heavy (non-hydrogen) atoms. The number of benzene rings is 3. The number of Topliss-reactive ketones (excluding diaryl/α,β-unsaturated/α-hetero) is 1. The fourth-order valence-corrected chi connectivity index (χ4v) is 4.20. The molecule has 0 spiro atoms. The van der Waals surface area contributed by atoms with Crippen molar-refractivity contribution in [2.45, 2.75) is 33.6 Å². The van der Waals surface area contributed by atoms with E-state index in [2.05, 4.69) is 5.32 Å². The Morgan fingerprint density at radius 1 is 0.833 bits per heavy atom. The van der Waals surface area contributed by atoms with Gasteiger partial charge in [-0.1, -0.05) is 48.5 Å². The lowest BCUT2D eigenvalue weighted by Crippen LogP contribution is -2.16. The highest BCUT2D eigenvalue weighted by Crippen LogP contribution is 2.34. The zero-order chi connectivity index (χ0) is 25.5. The van der Waals surface area contributed by atoms with E-state index in [1.165, 1.54) is 0 Å². The Hall–Kier alpha value is -4.19. The Morgan fingerprint density at radius 2 is 1.53 bits per heavy atom. The molecule has 1 N–H and O–H groups in total. The summed E-state index contributed by atoms with van der Waals surface area (Å²) in [6.07, 6.45) is 0.119. The molecular weight excluding hydrogens is 452 g/mol. The second kappa shape index (κ2) is 11.5. The molecule has 0 atom stereocenters. The van der Waals surface area contributed by atoms with Gasteiger partial charge in [-0.25, -0.2) is 4.98 Å². The minimum Gasteiger partial charge on any atom is -0.490 e. The van der Waals surface area contributed by atoms with Crippen LogP contribution in [0.3, 0.4) is 0 Å². The zero-order valence-corrected chi connectivity index (χ0v) is 20.8. The predicted molar refractivity (Wildman–Crippen MR) is 143 cm³/mol. The number of aromatic nitrogens is 1. The van der Waals surface area contributed by atoms with Crippen LogP contribution in [0.15, 0.2) is 72.8 Å². The number of anilines is 1. The van der Waals surface area contributed by atoms with Gasteiger partial charge in [0.1, 0.15) is 5.82 Å². The van der Waals surface area contributed by atoms with Crippen LogP contribution in [-0.2, 0) is 4.79 Å². The lowest BCUT2D eigenvalue weighted by molar-refractivity contribution is -0.116. The number of hydrogen-bond donors (Lipinski definition) is 1. The average Bonchev–Trinajstić information content (AvgIpc) is 2.89. The summed E-state index contributed by atoms with van der Waals surface area (Å²) in [5.74, 6) is 1.23. The summed E-state index contributed by atoms with van der Waals surface area (Å²) in [5.41, 5.74) is 4.25. The molecule has 0 fully saturated rings. The Balaban J connectivity index is 1.51. The first-order valence-electron chi connectivity index (χ1n) is 12.2. The Kier molecular flexibility index (Phi) is 7.95. The van der Waals surface area contributed by atoms with E-state index in [1.807, 2.05) is 75.4 Å². The quantitative estimate of drug-likeness (QED) is 0.257. The third-order valence-electron chi connectivity index (χ3n) is 5.90. The maximum absolute atomic E-state index is 12.8. The van der Waals surface area contributed by atoms with E-state index >= 15 is 0 Å². The molecule has 0 bridgehead atoms. The van der Waals surface area contributed by atoms with Gasteiger partial charge < -0.3 is 14.8 Å². The van der Waals surface area contributed by atoms with E-state index < -0.39 is 0 Å². The number of ether oxygens (including phenoxy) is 2. The summed E-state index contributed by atoms with van der Waals surface area (Å²) in [7, 11) is 0. The number of ketones is 1. The summed E-state index contributed by atoms with van der Waals surface area (Å²) in [6.45, 7) is 6.69. The van der Waals surface area contributed by atoms with Crippen molar-refractivity contribution in [1.82, 2.24) is 4.98 Å². The normalized spacial score (nSPS) is 10.8. The first kappa shape index (κ1) is 24.9. The number of nitrogens with one attached hydrogen (secondary N) is 1. The zero-order valence-electron chi connectivity index (χ0n) is 20.8. The number of fused-ring (bicyclic) bond motifs is 1. The van der Waals surface area contributed by atoms with Crippen molar-refractivity contribution < 1.29 is 19.1 Å². The van der Waals surface area contributed by atoms with Crippen LogP contribution < -0.4 is 14.8 Å². The van der Waals surface area contributed by atoms with Gasteiger partial charge in [-0.2, -0.15) is 0 Å². The van der Waals surface area contributed by atoms with Crippen molar-refractivity contribution in [1.29, 1.82) is 0 Å². The van der Waals surface area contributed by atoms with Gasteiger partial charge in [0.25, 0.3) is 0 Å². The average molecular weight is 483 g/mol. The van der Waals surface area contributed by atoms with Crippen LogP contribution in [0.5, 0.6) is 11.5 Å². The van der Waals surface area contributed by atoms with Crippen molar-refractivity contribution >= 4 is 28.4 Å². The molecule has 3 aromatic carbocycles. The third-order valence-corrected chi connectivity index (χ3v) is 5.90. The number of para-hydroxylation sites is 1. The molecule has 0 saturated heterocycles. The van der Waals surface area contributed by atoms with Gasteiger partial charge in [0.05, 0.1) is 18.7 Å². The van der Waals surface area contributed by atoms with Gasteiger partial charge in [0.2, 0.25) is 5.91 Å². The van der Waals surface area contributed by atoms with Gasteiger partial charge >= 0.3 is 0 Å². The van der Waals surface area contributed by atoms with E-state index in [1.54, 1.807) is 18.2 Å². The molecule has 6 heteroatoms. The van der Waals surface area contributed by atoms with Gasteiger partial charge in [0.15, 0.2) is 17.3 Å². The summed E-state index contributed by atoms with van der Waals surface area (Å²) >= 11 is 0. The maximum Gasteiger partial charge on any atom is 0.225 e. The van der Waals surface area contributed by atoms with Crippen LogP contribution in [0, 0.1) is 6.92 Å². The van der Waals surface area contributed by atoms with Crippen LogP contribution in [0.1, 0.15) is 42.6 Å². The fourth-order valence-electron chi connectivity index (χ4n) is 4.20. The first-order valence-corrected chi connectivity index (χ1v) is 12.2. The third kappa shape index (κ3) is 5.54. The molecule has 0 aliphatic heterocycles. The number of pyridine rings is 1. The first-order chi connectivity index (χ1) is 17.5.